The maximum atomic E-state index is 11.1. The molecule has 1 fully saturated rings. The number of carbonyl (C=O) groups is 1. The smallest absolute Gasteiger partial charge is 0.302 e. The van der Waals surface area contributed by atoms with Crippen LogP contribution >= 0.6 is 22.6 Å². The number of ether oxygens (including phenoxy) is 1. The highest BCUT2D eigenvalue weighted by Crippen LogP contribution is 2.33. The second kappa shape index (κ2) is 5.74. The fourth-order valence-corrected chi connectivity index (χ4v) is 3.64. The van der Waals surface area contributed by atoms with Gasteiger partial charge in [-0.15, -0.1) is 0 Å². The Morgan fingerprint density at radius 1 is 1.48 bits per heavy atom. The predicted molar refractivity (Wildman–Crippen MR) is 85.5 cm³/mol. The van der Waals surface area contributed by atoms with Gasteiger partial charge >= 0.3 is 5.97 Å². The number of rotatable bonds is 2. The maximum Gasteiger partial charge on any atom is 0.302 e. The summed E-state index contributed by atoms with van der Waals surface area (Å²) in [5.41, 5.74) is 6.66. The van der Waals surface area contributed by atoms with Crippen LogP contribution in [-0.4, -0.2) is 31.8 Å². The number of carbonyl (C=O) groups excluding carboxylic acids is 1. The Bertz CT molecular complexity index is 686. The topological polar surface area (TPSA) is 95.9 Å². The highest BCUT2D eigenvalue weighted by Gasteiger charge is 2.28. The van der Waals surface area contributed by atoms with Gasteiger partial charge in [-0.2, -0.15) is 5.10 Å². The minimum atomic E-state index is -0.230. The Morgan fingerprint density at radius 2 is 2.29 bits per heavy atom. The third kappa shape index (κ3) is 2.81. The molecule has 3 rings (SSSR count). The lowest BCUT2D eigenvalue weighted by atomic mass is 9.93. The van der Waals surface area contributed by atoms with E-state index in [1.807, 2.05) is 4.68 Å². The van der Waals surface area contributed by atoms with Crippen molar-refractivity contribution in [3.63, 3.8) is 0 Å². The zero-order chi connectivity index (χ0) is 15.0. The second-order valence-corrected chi connectivity index (χ2v) is 6.27. The molecular weight excluding hydrogens is 385 g/mol. The first kappa shape index (κ1) is 14.5. The molecule has 0 amide bonds. The average molecular weight is 401 g/mol. The van der Waals surface area contributed by atoms with Gasteiger partial charge in [-0.1, -0.05) is 0 Å². The lowest BCUT2D eigenvalue weighted by Gasteiger charge is -2.28. The number of aromatic nitrogens is 4. The summed E-state index contributed by atoms with van der Waals surface area (Å²) in [4.78, 5) is 19.5. The van der Waals surface area contributed by atoms with Crippen LogP contribution in [-0.2, 0) is 9.53 Å². The minimum absolute atomic E-state index is 0.0441. The fraction of sp³-hybridized carbons (Fsp3) is 0.538. The van der Waals surface area contributed by atoms with E-state index in [0.29, 0.717) is 5.82 Å². The molecular formula is C13H16IN5O2. The molecule has 21 heavy (non-hydrogen) atoms. The van der Waals surface area contributed by atoms with Crippen LogP contribution in [0.5, 0.6) is 0 Å². The highest BCUT2D eigenvalue weighted by molar-refractivity contribution is 14.1. The Balaban J connectivity index is 1.93. The molecule has 2 aromatic rings. The van der Waals surface area contributed by atoms with Crippen molar-refractivity contribution in [1.29, 1.82) is 0 Å². The standard InChI is InChI=1S/C13H16IN5O2/c1-7(20)21-9-4-2-3-8(5-9)19-13-10(11(14)18-19)12(15)16-6-17-13/h6,8-9H,2-5H2,1H3,(H2,15,16,17). The van der Waals surface area contributed by atoms with Gasteiger partial charge in [0.05, 0.1) is 11.4 Å². The van der Waals surface area contributed by atoms with Crippen LogP contribution in [0.2, 0.25) is 0 Å². The van der Waals surface area contributed by atoms with Gasteiger partial charge in [0.1, 0.15) is 21.9 Å². The molecule has 8 heteroatoms. The Morgan fingerprint density at radius 3 is 3.05 bits per heavy atom. The zero-order valence-electron chi connectivity index (χ0n) is 11.6. The van der Waals surface area contributed by atoms with Crippen molar-refractivity contribution in [2.75, 3.05) is 5.73 Å². The Labute approximate surface area is 135 Å². The number of halogens is 1. The second-order valence-electron chi connectivity index (χ2n) is 5.24. The van der Waals surface area contributed by atoms with Crippen molar-refractivity contribution >= 4 is 45.4 Å². The van der Waals surface area contributed by atoms with Crippen LogP contribution in [0.4, 0.5) is 5.82 Å². The molecule has 1 saturated carbocycles. The average Bonchev–Trinajstić information content (AvgIpc) is 2.77. The van der Waals surface area contributed by atoms with Crippen molar-refractivity contribution in [1.82, 2.24) is 19.7 Å². The Kier molecular flexibility index (Phi) is 3.96. The first-order valence-electron chi connectivity index (χ1n) is 6.87. The van der Waals surface area contributed by atoms with E-state index in [1.54, 1.807) is 0 Å². The largest absolute Gasteiger partial charge is 0.462 e. The van der Waals surface area contributed by atoms with Crippen molar-refractivity contribution in [2.45, 2.75) is 44.8 Å². The summed E-state index contributed by atoms with van der Waals surface area (Å²) in [6, 6.07) is 0.170. The van der Waals surface area contributed by atoms with Crippen LogP contribution in [0.15, 0.2) is 6.33 Å². The molecule has 112 valence electrons. The lowest BCUT2D eigenvalue weighted by Crippen LogP contribution is -2.27. The van der Waals surface area contributed by atoms with Gasteiger partial charge in [0.25, 0.3) is 0 Å². The molecule has 2 atom stereocenters. The summed E-state index contributed by atoms with van der Waals surface area (Å²) in [7, 11) is 0. The molecule has 0 aliphatic heterocycles. The summed E-state index contributed by atoms with van der Waals surface area (Å²) in [6.07, 6.45) is 5.07. The van der Waals surface area contributed by atoms with E-state index in [0.717, 1.165) is 40.4 Å². The SMILES string of the molecule is CC(=O)OC1CCCC(n2nc(I)c3c(N)ncnc32)C1. The summed E-state index contributed by atoms with van der Waals surface area (Å²) in [5.74, 6) is 0.218. The van der Waals surface area contributed by atoms with Gasteiger partial charge in [-0.3, -0.25) is 4.79 Å². The fourth-order valence-electron chi connectivity index (χ4n) is 2.89. The van der Waals surface area contributed by atoms with Gasteiger partial charge < -0.3 is 10.5 Å². The molecule has 2 aromatic heterocycles. The molecule has 1 aliphatic carbocycles. The number of fused-ring (bicyclic) bond motifs is 1. The normalized spacial score (nSPS) is 22.4. The van der Waals surface area contributed by atoms with E-state index in [-0.39, 0.29) is 18.1 Å². The van der Waals surface area contributed by atoms with Crippen LogP contribution in [0, 0.1) is 3.70 Å². The molecule has 1 aliphatic rings. The van der Waals surface area contributed by atoms with Crippen LogP contribution < -0.4 is 5.73 Å². The van der Waals surface area contributed by atoms with Gasteiger partial charge in [-0.25, -0.2) is 14.6 Å². The monoisotopic (exact) mass is 401 g/mol. The number of nitrogen functional groups attached to an aromatic ring is 1. The Hall–Kier alpha value is -1.45. The van der Waals surface area contributed by atoms with Gasteiger partial charge in [0, 0.05) is 13.3 Å². The number of nitrogens with zero attached hydrogens (tertiary/aromatic N) is 4. The molecule has 0 bridgehead atoms. The number of nitrogens with two attached hydrogens (primary N) is 1. The van der Waals surface area contributed by atoms with Crippen molar-refractivity contribution in [3.8, 4) is 0 Å². The number of esters is 1. The number of hydrogen-bond donors (Lipinski definition) is 1. The molecule has 2 unspecified atom stereocenters. The molecule has 0 aromatic carbocycles. The molecule has 0 spiro atoms. The highest BCUT2D eigenvalue weighted by atomic mass is 127. The van der Waals surface area contributed by atoms with Crippen molar-refractivity contribution < 1.29 is 9.53 Å². The number of hydrogen-bond acceptors (Lipinski definition) is 6. The predicted octanol–water partition coefficient (Wildman–Crippen LogP) is 2.06. The van der Waals surface area contributed by atoms with Gasteiger partial charge in [0.15, 0.2) is 5.65 Å². The number of anilines is 1. The third-order valence-electron chi connectivity index (χ3n) is 3.75. The molecule has 7 nitrogen and oxygen atoms in total. The van der Waals surface area contributed by atoms with E-state index >= 15 is 0 Å². The van der Waals surface area contributed by atoms with E-state index in [1.165, 1.54) is 13.3 Å². The van der Waals surface area contributed by atoms with E-state index in [2.05, 4.69) is 37.7 Å². The third-order valence-corrected chi connectivity index (χ3v) is 4.51. The van der Waals surface area contributed by atoms with E-state index in [9.17, 15) is 4.79 Å². The zero-order valence-corrected chi connectivity index (χ0v) is 13.8. The summed E-state index contributed by atoms with van der Waals surface area (Å²) >= 11 is 2.15. The molecule has 0 saturated heterocycles. The molecule has 2 N–H and O–H groups in total. The van der Waals surface area contributed by atoms with E-state index in [4.69, 9.17) is 10.5 Å². The maximum absolute atomic E-state index is 11.1. The summed E-state index contributed by atoms with van der Waals surface area (Å²) < 4.78 is 8.05. The van der Waals surface area contributed by atoms with Crippen LogP contribution in [0.25, 0.3) is 11.0 Å². The molecule has 0 radical (unpaired) electrons. The lowest BCUT2D eigenvalue weighted by molar-refractivity contribution is -0.148. The summed E-state index contributed by atoms with van der Waals surface area (Å²) in [5, 5.41) is 5.37. The van der Waals surface area contributed by atoms with E-state index < -0.39 is 0 Å². The van der Waals surface area contributed by atoms with Gasteiger partial charge in [0.2, 0.25) is 0 Å². The first-order chi connectivity index (χ1) is 10.1. The minimum Gasteiger partial charge on any atom is -0.462 e. The van der Waals surface area contributed by atoms with Crippen molar-refractivity contribution in [2.24, 2.45) is 0 Å². The van der Waals surface area contributed by atoms with Gasteiger partial charge in [-0.05, 0) is 41.9 Å². The molecule has 2 heterocycles. The first-order valence-corrected chi connectivity index (χ1v) is 7.95. The van der Waals surface area contributed by atoms with Crippen LogP contribution in [0.3, 0.4) is 0 Å². The van der Waals surface area contributed by atoms with Crippen molar-refractivity contribution in [3.05, 3.63) is 10.0 Å². The van der Waals surface area contributed by atoms with Crippen LogP contribution in [0.1, 0.15) is 38.6 Å². The quantitative estimate of drug-likeness (QED) is 0.612. The summed E-state index contributed by atoms with van der Waals surface area (Å²) in [6.45, 7) is 1.45.